The first kappa shape index (κ1) is 22.1. The molecule has 2 aromatic carbocycles. The number of aryl methyl sites for hydroxylation is 1. The number of carboxylic acids is 1. The molecule has 8 heteroatoms. The molecule has 0 fully saturated rings. The third kappa shape index (κ3) is 4.45. The summed E-state index contributed by atoms with van der Waals surface area (Å²) in [6.07, 6.45) is 1.67. The molecule has 0 saturated heterocycles. The number of hydrogen-bond donors (Lipinski definition) is 1. The van der Waals surface area contributed by atoms with Gasteiger partial charge >= 0.3 is 5.97 Å². The van der Waals surface area contributed by atoms with Gasteiger partial charge < -0.3 is 14.4 Å². The number of ketones is 1. The number of rotatable bonds is 8. The second-order valence-electron chi connectivity index (χ2n) is 7.49. The van der Waals surface area contributed by atoms with Crippen molar-refractivity contribution < 1.29 is 28.2 Å². The number of halogens is 2. The number of aromatic nitrogens is 2. The first-order valence-corrected chi connectivity index (χ1v) is 10.2. The van der Waals surface area contributed by atoms with Gasteiger partial charge in [-0.1, -0.05) is 12.1 Å². The van der Waals surface area contributed by atoms with Crippen molar-refractivity contribution in [3.05, 3.63) is 94.9 Å². The lowest BCUT2D eigenvalue weighted by atomic mass is 10.00. The summed E-state index contributed by atoms with van der Waals surface area (Å²) in [7, 11) is 1.50. The number of carbonyl (C=O) groups excluding carboxylic acids is 1. The topological polar surface area (TPSA) is 81.4 Å². The van der Waals surface area contributed by atoms with Crippen LogP contribution in [0.2, 0.25) is 0 Å². The van der Waals surface area contributed by atoms with Crippen LogP contribution in [0.5, 0.6) is 5.75 Å². The van der Waals surface area contributed by atoms with Crippen LogP contribution < -0.4 is 4.74 Å². The van der Waals surface area contributed by atoms with E-state index >= 15 is 0 Å². The number of methoxy groups -OCH3 is 1. The number of pyridine rings is 1. The molecule has 4 rings (SSSR count). The fourth-order valence-electron chi connectivity index (χ4n) is 3.86. The lowest BCUT2D eigenvalue weighted by molar-refractivity contribution is 0.0681. The van der Waals surface area contributed by atoms with Crippen molar-refractivity contribution in [1.82, 2.24) is 9.55 Å². The summed E-state index contributed by atoms with van der Waals surface area (Å²) in [5, 5.41) is 10.5. The van der Waals surface area contributed by atoms with Gasteiger partial charge in [-0.2, -0.15) is 0 Å². The predicted molar refractivity (Wildman–Crippen MR) is 118 cm³/mol. The van der Waals surface area contributed by atoms with Crippen molar-refractivity contribution in [2.24, 2.45) is 0 Å². The number of nitrogens with zero attached hydrogens (tertiary/aromatic N) is 2. The number of Topliss-reactive ketones (excluding diaryl/α,β-unsaturated/α-hetero) is 1. The zero-order chi connectivity index (χ0) is 23.5. The highest BCUT2D eigenvalue weighted by Crippen LogP contribution is 2.31. The maximum atomic E-state index is 13.5. The van der Waals surface area contributed by atoms with E-state index in [4.69, 9.17) is 4.74 Å². The van der Waals surface area contributed by atoms with E-state index in [1.54, 1.807) is 42.6 Å². The first-order valence-electron chi connectivity index (χ1n) is 10.2. The SMILES string of the molecule is COc1ccc2c(C(=O)CCc3ccc(F)c(F)c3)c(C(=O)O)n(Cc3ccccn3)c2c1. The van der Waals surface area contributed by atoms with E-state index in [9.17, 15) is 23.5 Å². The standard InChI is InChI=1S/C25H20F2N2O4/c1-33-17-7-8-18-21(13-17)29(14-16-4-2-3-11-28-16)24(25(31)32)23(18)22(30)10-6-15-5-9-19(26)20(27)12-15/h2-5,7-9,11-13H,6,10,14H2,1H3,(H,31,32). The molecule has 2 aromatic heterocycles. The molecule has 0 atom stereocenters. The van der Waals surface area contributed by atoms with Gasteiger partial charge in [-0.3, -0.25) is 9.78 Å². The smallest absolute Gasteiger partial charge is 0.353 e. The van der Waals surface area contributed by atoms with Crippen molar-refractivity contribution in [2.45, 2.75) is 19.4 Å². The molecule has 4 aromatic rings. The molecular weight excluding hydrogens is 430 g/mol. The molecule has 0 aliphatic rings. The predicted octanol–water partition coefficient (Wildman–Crippen LogP) is 4.89. The number of fused-ring (bicyclic) bond motifs is 1. The number of benzene rings is 2. The van der Waals surface area contributed by atoms with Crippen molar-refractivity contribution in [3.8, 4) is 5.75 Å². The maximum absolute atomic E-state index is 13.5. The highest BCUT2D eigenvalue weighted by atomic mass is 19.2. The summed E-state index contributed by atoms with van der Waals surface area (Å²) < 4.78 is 33.6. The quantitative estimate of drug-likeness (QED) is 0.387. The number of carboxylic acid groups (broad SMARTS) is 1. The summed E-state index contributed by atoms with van der Waals surface area (Å²) in [6, 6.07) is 13.7. The Morgan fingerprint density at radius 3 is 2.55 bits per heavy atom. The average Bonchev–Trinajstić information content (AvgIpc) is 3.14. The van der Waals surface area contributed by atoms with Gasteiger partial charge in [0.1, 0.15) is 11.4 Å². The van der Waals surface area contributed by atoms with Crippen molar-refractivity contribution in [1.29, 1.82) is 0 Å². The number of aromatic carboxylic acids is 1. The fraction of sp³-hybridized carbons (Fsp3) is 0.160. The minimum absolute atomic E-state index is 0.0682. The fourth-order valence-corrected chi connectivity index (χ4v) is 3.86. The van der Waals surface area contributed by atoms with E-state index in [2.05, 4.69) is 4.98 Å². The second kappa shape index (κ2) is 9.20. The van der Waals surface area contributed by atoms with Gasteiger partial charge in [-0.05, 0) is 48.4 Å². The van der Waals surface area contributed by atoms with E-state index in [1.807, 2.05) is 0 Å². The van der Waals surface area contributed by atoms with Gasteiger partial charge in [-0.25, -0.2) is 13.6 Å². The Balaban J connectivity index is 1.79. The Bertz CT molecular complexity index is 1350. The molecular formula is C25H20F2N2O4. The third-order valence-corrected chi connectivity index (χ3v) is 5.42. The normalized spacial score (nSPS) is 11.0. The van der Waals surface area contributed by atoms with Gasteiger partial charge in [0, 0.05) is 24.1 Å². The summed E-state index contributed by atoms with van der Waals surface area (Å²) in [5.74, 6) is -3.11. The molecule has 0 bridgehead atoms. The van der Waals surface area contributed by atoms with Gasteiger partial charge in [-0.15, -0.1) is 0 Å². The summed E-state index contributed by atoms with van der Waals surface area (Å²) >= 11 is 0. The highest BCUT2D eigenvalue weighted by Gasteiger charge is 2.27. The largest absolute Gasteiger partial charge is 0.497 e. The lowest BCUT2D eigenvalue weighted by Crippen LogP contribution is -2.14. The molecule has 6 nitrogen and oxygen atoms in total. The molecule has 0 aliphatic heterocycles. The third-order valence-electron chi connectivity index (χ3n) is 5.42. The van der Waals surface area contributed by atoms with Crippen LogP contribution in [0.15, 0.2) is 60.8 Å². The number of hydrogen-bond acceptors (Lipinski definition) is 4. The summed E-state index contributed by atoms with van der Waals surface area (Å²) in [5.41, 5.74) is 1.50. The molecule has 33 heavy (non-hydrogen) atoms. The Kier molecular flexibility index (Phi) is 6.17. The van der Waals surface area contributed by atoms with Crippen molar-refractivity contribution in [2.75, 3.05) is 7.11 Å². The van der Waals surface area contributed by atoms with E-state index in [0.717, 1.165) is 12.1 Å². The minimum atomic E-state index is -1.25. The molecule has 0 saturated carbocycles. The minimum Gasteiger partial charge on any atom is -0.497 e. The van der Waals surface area contributed by atoms with E-state index in [1.165, 1.54) is 17.7 Å². The lowest BCUT2D eigenvalue weighted by Gasteiger charge is -2.09. The van der Waals surface area contributed by atoms with E-state index in [0.29, 0.717) is 27.9 Å². The van der Waals surface area contributed by atoms with Crippen LogP contribution in [0, 0.1) is 11.6 Å². The van der Waals surface area contributed by atoms with Crippen LogP contribution in [0.25, 0.3) is 10.9 Å². The Labute approximate surface area is 188 Å². The summed E-state index contributed by atoms with van der Waals surface area (Å²) in [4.78, 5) is 29.8. The molecule has 0 radical (unpaired) electrons. The zero-order valence-electron chi connectivity index (χ0n) is 17.7. The zero-order valence-corrected chi connectivity index (χ0v) is 17.7. The maximum Gasteiger partial charge on any atom is 0.353 e. The molecule has 0 amide bonds. The summed E-state index contributed by atoms with van der Waals surface area (Å²) in [6.45, 7) is 0.141. The van der Waals surface area contributed by atoms with Crippen molar-refractivity contribution in [3.63, 3.8) is 0 Å². The van der Waals surface area contributed by atoms with Crippen LogP contribution in [0.4, 0.5) is 8.78 Å². The van der Waals surface area contributed by atoms with Gasteiger partial charge in [0.25, 0.3) is 0 Å². The average molecular weight is 450 g/mol. The Hall–Kier alpha value is -4.07. The molecule has 168 valence electrons. The van der Waals surface area contributed by atoms with Gasteiger partial charge in [0.2, 0.25) is 0 Å². The van der Waals surface area contributed by atoms with E-state index < -0.39 is 23.4 Å². The van der Waals surface area contributed by atoms with Crippen LogP contribution in [-0.4, -0.2) is 33.5 Å². The van der Waals surface area contributed by atoms with Crippen LogP contribution in [0.3, 0.4) is 0 Å². The van der Waals surface area contributed by atoms with Gasteiger partial charge in [0.15, 0.2) is 17.4 Å². The van der Waals surface area contributed by atoms with Crippen LogP contribution in [0.1, 0.15) is 38.5 Å². The molecule has 1 N–H and O–H groups in total. The number of carbonyl (C=O) groups is 2. The van der Waals surface area contributed by atoms with E-state index in [-0.39, 0.29) is 30.6 Å². The molecule has 0 aliphatic carbocycles. The van der Waals surface area contributed by atoms with Crippen LogP contribution in [-0.2, 0) is 13.0 Å². The molecule has 0 spiro atoms. The first-order chi connectivity index (χ1) is 15.9. The Morgan fingerprint density at radius 1 is 1.06 bits per heavy atom. The van der Waals surface area contributed by atoms with Gasteiger partial charge in [0.05, 0.1) is 30.4 Å². The molecule has 0 unspecified atom stereocenters. The van der Waals surface area contributed by atoms with Crippen LogP contribution >= 0.6 is 0 Å². The van der Waals surface area contributed by atoms with Crippen molar-refractivity contribution >= 4 is 22.7 Å². The number of ether oxygens (including phenoxy) is 1. The second-order valence-corrected chi connectivity index (χ2v) is 7.49. The highest BCUT2D eigenvalue weighted by molar-refractivity contribution is 6.15. The monoisotopic (exact) mass is 450 g/mol. The molecule has 2 heterocycles. The Morgan fingerprint density at radius 2 is 1.88 bits per heavy atom.